The number of hydrogen-bond acceptors (Lipinski definition) is 12. The van der Waals surface area contributed by atoms with Crippen LogP contribution in [-0.2, 0) is 42.9 Å². The summed E-state index contributed by atoms with van der Waals surface area (Å²) >= 11 is 2.81. The zero-order valence-corrected chi connectivity index (χ0v) is 26.5. The van der Waals surface area contributed by atoms with Crippen molar-refractivity contribution in [1.29, 1.82) is 0 Å². The summed E-state index contributed by atoms with van der Waals surface area (Å²) in [4.78, 5) is 68.2. The lowest BCUT2D eigenvalue weighted by molar-refractivity contribution is -0.138. The number of aryl methyl sites for hydroxylation is 2. The van der Waals surface area contributed by atoms with E-state index in [0.29, 0.717) is 21.7 Å². The standard InChI is InChI=1S/C28H29NO9S3/c1-12-10-13(2)16-15(11-12)29(14(3)30)27(4,5)22-17(16)28(18(23(31)35-6)19(39-22)24(32)36-7)40-20(25(33)37-8)21(41-28)26(34)38-9/h10-11H,1-9H3. The largest absolute Gasteiger partial charge is 0.466 e. The molecule has 3 aliphatic rings. The van der Waals surface area contributed by atoms with Gasteiger partial charge in [0.1, 0.15) is 18.8 Å². The lowest BCUT2D eigenvalue weighted by Crippen LogP contribution is -2.53. The molecule has 0 saturated carbocycles. The highest BCUT2D eigenvalue weighted by molar-refractivity contribution is 8.26. The van der Waals surface area contributed by atoms with E-state index in [1.165, 1.54) is 35.4 Å². The Morgan fingerprint density at radius 1 is 0.756 bits per heavy atom. The van der Waals surface area contributed by atoms with Gasteiger partial charge in [0.2, 0.25) is 5.91 Å². The normalized spacial score (nSPS) is 18.6. The first-order valence-electron chi connectivity index (χ1n) is 12.3. The number of fused-ring (bicyclic) bond motifs is 3. The molecule has 0 unspecified atom stereocenters. The fourth-order valence-corrected chi connectivity index (χ4v) is 10.4. The third-order valence-corrected chi connectivity index (χ3v) is 11.5. The number of methoxy groups -OCH3 is 4. The smallest absolute Gasteiger partial charge is 0.345 e. The second-order valence-corrected chi connectivity index (χ2v) is 13.6. The molecule has 0 atom stereocenters. The monoisotopic (exact) mass is 619 g/mol. The minimum Gasteiger partial charge on any atom is -0.466 e. The molecule has 10 nitrogen and oxygen atoms in total. The van der Waals surface area contributed by atoms with Crippen LogP contribution in [-0.4, -0.2) is 67.8 Å². The highest BCUT2D eigenvalue weighted by Gasteiger charge is 2.61. The minimum atomic E-state index is -1.60. The van der Waals surface area contributed by atoms with E-state index in [9.17, 15) is 24.0 Å². The SMILES string of the molecule is COC(=O)C1=C(C(=O)OC)SC2(S1)C(C(=O)OC)=C(C(=O)OC)SC1=C2c2c(C)cc(C)cc2N(C(C)=O)C1(C)C. The summed E-state index contributed by atoms with van der Waals surface area (Å²) in [7, 11) is 4.72. The number of carbonyl (C=O) groups excluding carboxylic acids is 5. The zero-order chi connectivity index (χ0) is 30.6. The summed E-state index contributed by atoms with van der Waals surface area (Å²) in [5.41, 5.74) is 2.33. The van der Waals surface area contributed by atoms with Gasteiger partial charge < -0.3 is 23.8 Å². The van der Waals surface area contributed by atoms with Crippen molar-refractivity contribution in [2.24, 2.45) is 0 Å². The lowest BCUT2D eigenvalue weighted by Gasteiger charge is -2.51. The highest BCUT2D eigenvalue weighted by Crippen LogP contribution is 2.71. The van der Waals surface area contributed by atoms with Gasteiger partial charge in [-0.2, -0.15) is 0 Å². The van der Waals surface area contributed by atoms with E-state index in [0.717, 1.165) is 46.4 Å². The van der Waals surface area contributed by atoms with E-state index >= 15 is 0 Å². The number of benzene rings is 1. The third kappa shape index (κ3) is 4.58. The lowest BCUT2D eigenvalue weighted by atomic mass is 9.81. The number of ether oxygens (including phenoxy) is 4. The van der Waals surface area contributed by atoms with Crippen molar-refractivity contribution in [2.75, 3.05) is 33.3 Å². The number of carbonyl (C=O) groups is 5. The molecule has 0 N–H and O–H groups in total. The topological polar surface area (TPSA) is 126 Å². The van der Waals surface area contributed by atoms with Gasteiger partial charge in [-0.1, -0.05) is 41.4 Å². The van der Waals surface area contributed by atoms with Crippen LogP contribution >= 0.6 is 35.3 Å². The Bertz CT molecular complexity index is 1490. The second-order valence-electron chi connectivity index (χ2n) is 9.84. The maximum Gasteiger partial charge on any atom is 0.345 e. The molecule has 1 aromatic carbocycles. The number of esters is 4. The fraction of sp³-hybridized carbons (Fsp3) is 0.393. The molecule has 0 aliphatic carbocycles. The van der Waals surface area contributed by atoms with Crippen LogP contribution in [0.4, 0.5) is 5.69 Å². The van der Waals surface area contributed by atoms with Gasteiger partial charge in [-0.25, -0.2) is 19.2 Å². The Labute approximate surface area is 250 Å². The molecule has 0 saturated heterocycles. The third-order valence-electron chi connectivity index (χ3n) is 6.90. The van der Waals surface area contributed by atoms with Crippen molar-refractivity contribution in [3.63, 3.8) is 0 Å². The van der Waals surface area contributed by atoms with Gasteiger partial charge in [-0.15, -0.1) is 0 Å². The molecular weight excluding hydrogens is 591 g/mol. The Hall–Kier alpha value is -3.16. The maximum atomic E-state index is 13.6. The van der Waals surface area contributed by atoms with Crippen molar-refractivity contribution < 1.29 is 42.9 Å². The second kappa shape index (κ2) is 10.9. The Kier molecular flexibility index (Phi) is 8.20. The summed E-state index contributed by atoms with van der Waals surface area (Å²) in [5, 5.41) is 0. The summed E-state index contributed by atoms with van der Waals surface area (Å²) in [6.07, 6.45) is 0. The molecule has 13 heteroatoms. The van der Waals surface area contributed by atoms with Crippen LogP contribution < -0.4 is 4.90 Å². The number of hydrogen-bond donors (Lipinski definition) is 0. The first-order valence-corrected chi connectivity index (χ1v) is 14.7. The van der Waals surface area contributed by atoms with Gasteiger partial charge in [0.25, 0.3) is 0 Å². The van der Waals surface area contributed by atoms with Crippen LogP contribution in [0.3, 0.4) is 0 Å². The molecule has 3 heterocycles. The van der Waals surface area contributed by atoms with Crippen molar-refractivity contribution in [3.8, 4) is 0 Å². The molecule has 1 aromatic rings. The van der Waals surface area contributed by atoms with E-state index in [4.69, 9.17) is 18.9 Å². The number of rotatable bonds is 4. The first-order chi connectivity index (χ1) is 19.2. The van der Waals surface area contributed by atoms with Crippen LogP contribution in [0.5, 0.6) is 0 Å². The van der Waals surface area contributed by atoms with Crippen LogP contribution in [0.15, 0.2) is 37.3 Å². The predicted molar refractivity (Wildman–Crippen MR) is 158 cm³/mol. The molecule has 0 radical (unpaired) electrons. The van der Waals surface area contributed by atoms with E-state index in [2.05, 4.69) is 0 Å². The highest BCUT2D eigenvalue weighted by atomic mass is 32.2. The van der Waals surface area contributed by atoms with E-state index in [-0.39, 0.29) is 26.2 Å². The molecule has 0 bridgehead atoms. The van der Waals surface area contributed by atoms with Gasteiger partial charge in [0.05, 0.1) is 45.2 Å². The first kappa shape index (κ1) is 30.8. The molecular formula is C28H29NO9S3. The summed E-state index contributed by atoms with van der Waals surface area (Å²) in [5.74, 6) is -3.53. The van der Waals surface area contributed by atoms with Crippen molar-refractivity contribution in [2.45, 2.75) is 44.2 Å². The Balaban J connectivity index is 2.22. The average molecular weight is 620 g/mol. The predicted octanol–water partition coefficient (Wildman–Crippen LogP) is 4.24. The summed E-state index contributed by atoms with van der Waals surface area (Å²) in [6, 6.07) is 3.82. The molecule has 218 valence electrons. The van der Waals surface area contributed by atoms with Gasteiger partial charge >= 0.3 is 23.9 Å². The van der Waals surface area contributed by atoms with E-state index in [1.807, 2.05) is 39.8 Å². The quantitative estimate of drug-likeness (QED) is 0.354. The summed E-state index contributed by atoms with van der Waals surface area (Å²) < 4.78 is 18.7. The van der Waals surface area contributed by atoms with Crippen molar-refractivity contribution >= 4 is 76.3 Å². The molecule has 0 aromatic heterocycles. The van der Waals surface area contributed by atoms with Gasteiger partial charge in [0.15, 0.2) is 0 Å². The maximum absolute atomic E-state index is 13.6. The van der Waals surface area contributed by atoms with Gasteiger partial charge in [-0.3, -0.25) is 4.79 Å². The number of thioether (sulfide) groups is 3. The fourth-order valence-electron chi connectivity index (χ4n) is 5.37. The van der Waals surface area contributed by atoms with Crippen LogP contribution in [0.25, 0.3) is 5.57 Å². The Morgan fingerprint density at radius 2 is 1.24 bits per heavy atom. The van der Waals surface area contributed by atoms with Crippen LogP contribution in [0.1, 0.15) is 37.5 Å². The van der Waals surface area contributed by atoms with Crippen molar-refractivity contribution in [1.82, 2.24) is 0 Å². The Morgan fingerprint density at radius 3 is 1.71 bits per heavy atom. The molecule has 1 spiro atoms. The van der Waals surface area contributed by atoms with Crippen LogP contribution in [0, 0.1) is 13.8 Å². The van der Waals surface area contributed by atoms with Gasteiger partial charge in [-0.05, 0) is 44.9 Å². The molecule has 1 amide bonds. The minimum absolute atomic E-state index is 0.0850. The molecule has 0 fully saturated rings. The molecule has 41 heavy (non-hydrogen) atoms. The molecule has 3 aliphatic heterocycles. The van der Waals surface area contributed by atoms with Crippen molar-refractivity contribution in [3.05, 3.63) is 54.0 Å². The number of anilines is 1. The van der Waals surface area contributed by atoms with Crippen LogP contribution in [0.2, 0.25) is 0 Å². The number of nitrogens with zero attached hydrogens (tertiary/aromatic N) is 1. The average Bonchev–Trinajstić information content (AvgIpc) is 3.31. The summed E-state index contributed by atoms with van der Waals surface area (Å²) in [6.45, 7) is 8.92. The van der Waals surface area contributed by atoms with Gasteiger partial charge in [0, 0.05) is 23.0 Å². The van der Waals surface area contributed by atoms with E-state index < -0.39 is 33.5 Å². The molecule has 4 rings (SSSR count). The van der Waals surface area contributed by atoms with E-state index in [1.54, 1.807) is 4.90 Å². The number of amides is 1. The zero-order valence-electron chi connectivity index (χ0n) is 24.0.